The molecule has 2 aromatic carbocycles. The summed E-state index contributed by atoms with van der Waals surface area (Å²) in [5, 5.41) is -0.117. The normalized spacial score (nSPS) is 11.0. The van der Waals surface area contributed by atoms with Crippen LogP contribution >= 0.6 is 11.6 Å². The Labute approximate surface area is 148 Å². The molecule has 2 rings (SSSR count). The van der Waals surface area contributed by atoms with E-state index in [2.05, 4.69) is 4.72 Å². The van der Waals surface area contributed by atoms with E-state index in [0.717, 1.165) is 24.5 Å². The molecule has 0 saturated carbocycles. The Balaban J connectivity index is 1.99. The van der Waals surface area contributed by atoms with Crippen LogP contribution in [0.2, 0.25) is 5.02 Å². The molecule has 9 heteroatoms. The van der Waals surface area contributed by atoms with Gasteiger partial charge in [-0.2, -0.15) is 0 Å². The lowest BCUT2D eigenvalue weighted by Crippen LogP contribution is -2.15. The summed E-state index contributed by atoms with van der Waals surface area (Å²) in [6, 6.07) is 8.80. The number of benzene rings is 2. The summed E-state index contributed by atoms with van der Waals surface area (Å²) in [6.45, 7) is -0.536. The molecule has 0 aliphatic heterocycles. The third kappa shape index (κ3) is 5.54. The standard InChI is InChI=1S/C16H13ClFNO5S/c1-25(22,23)19-12-5-2-10(3-6-12)15(20)9-24-16(21)13-7-4-11(18)8-14(13)17/h2-8,19H,9H2,1H3. The van der Waals surface area contributed by atoms with E-state index in [0.29, 0.717) is 5.69 Å². The molecule has 0 fully saturated rings. The van der Waals surface area contributed by atoms with Gasteiger partial charge in [-0.15, -0.1) is 0 Å². The Morgan fingerprint density at radius 1 is 1.16 bits per heavy atom. The molecule has 132 valence electrons. The molecular formula is C16H13ClFNO5S. The number of ketones is 1. The van der Waals surface area contributed by atoms with E-state index in [-0.39, 0.29) is 16.1 Å². The van der Waals surface area contributed by atoms with Crippen molar-refractivity contribution in [3.63, 3.8) is 0 Å². The molecule has 0 atom stereocenters. The van der Waals surface area contributed by atoms with Gasteiger partial charge in [-0.25, -0.2) is 17.6 Å². The van der Waals surface area contributed by atoms with E-state index in [1.807, 2.05) is 0 Å². The zero-order valence-corrected chi connectivity index (χ0v) is 14.5. The largest absolute Gasteiger partial charge is 0.454 e. The summed E-state index contributed by atoms with van der Waals surface area (Å²) in [4.78, 5) is 23.9. The van der Waals surface area contributed by atoms with Crippen LogP contribution in [0.3, 0.4) is 0 Å². The molecule has 0 unspecified atom stereocenters. The Hall–Kier alpha value is -2.45. The second-order valence-electron chi connectivity index (χ2n) is 5.08. The zero-order valence-electron chi connectivity index (χ0n) is 13.0. The average Bonchev–Trinajstić information content (AvgIpc) is 2.51. The topological polar surface area (TPSA) is 89.5 Å². The van der Waals surface area contributed by atoms with Gasteiger partial charge in [0.15, 0.2) is 12.4 Å². The van der Waals surface area contributed by atoms with Gasteiger partial charge in [0.25, 0.3) is 0 Å². The zero-order chi connectivity index (χ0) is 18.6. The molecule has 0 aromatic heterocycles. The molecule has 0 saturated heterocycles. The average molecular weight is 386 g/mol. The summed E-state index contributed by atoms with van der Waals surface area (Å²) >= 11 is 5.75. The molecule has 1 N–H and O–H groups in total. The number of nitrogens with one attached hydrogen (secondary N) is 1. The van der Waals surface area contributed by atoms with Crippen molar-refractivity contribution in [2.24, 2.45) is 0 Å². The molecule has 0 amide bonds. The highest BCUT2D eigenvalue weighted by atomic mass is 35.5. The Bertz CT molecular complexity index is 913. The van der Waals surface area contributed by atoms with E-state index in [1.165, 1.54) is 24.3 Å². The van der Waals surface area contributed by atoms with Crippen LogP contribution < -0.4 is 4.72 Å². The van der Waals surface area contributed by atoms with Crippen molar-refractivity contribution in [2.75, 3.05) is 17.6 Å². The fourth-order valence-corrected chi connectivity index (χ4v) is 2.69. The quantitative estimate of drug-likeness (QED) is 0.610. The van der Waals surface area contributed by atoms with Crippen molar-refractivity contribution < 1.29 is 27.1 Å². The van der Waals surface area contributed by atoms with Crippen molar-refractivity contribution in [1.29, 1.82) is 0 Å². The third-order valence-corrected chi connectivity index (χ3v) is 3.91. The Kier molecular flexibility index (Phi) is 5.76. The number of anilines is 1. The van der Waals surface area contributed by atoms with Crippen LogP contribution in [0, 0.1) is 5.82 Å². The smallest absolute Gasteiger partial charge is 0.340 e. The summed E-state index contributed by atoms with van der Waals surface area (Å²) < 4.78 is 42.3. The van der Waals surface area contributed by atoms with Crippen LogP contribution in [0.1, 0.15) is 20.7 Å². The van der Waals surface area contributed by atoms with Crippen molar-refractivity contribution in [3.8, 4) is 0 Å². The minimum absolute atomic E-state index is 0.0523. The maximum Gasteiger partial charge on any atom is 0.340 e. The number of Topliss-reactive ketones (excluding diaryl/α,β-unsaturated/α-hetero) is 1. The van der Waals surface area contributed by atoms with Crippen LogP contribution in [0.4, 0.5) is 10.1 Å². The second kappa shape index (κ2) is 7.62. The van der Waals surface area contributed by atoms with Gasteiger partial charge >= 0.3 is 5.97 Å². The fraction of sp³-hybridized carbons (Fsp3) is 0.125. The van der Waals surface area contributed by atoms with Crippen molar-refractivity contribution >= 4 is 39.1 Å². The molecule has 0 spiro atoms. The van der Waals surface area contributed by atoms with Crippen LogP contribution in [0.5, 0.6) is 0 Å². The molecule has 25 heavy (non-hydrogen) atoms. The molecule has 6 nitrogen and oxygen atoms in total. The molecule has 0 aliphatic carbocycles. The summed E-state index contributed by atoms with van der Waals surface area (Å²) in [5.74, 6) is -1.94. The molecule has 2 aromatic rings. The van der Waals surface area contributed by atoms with E-state index >= 15 is 0 Å². The maximum atomic E-state index is 12.9. The van der Waals surface area contributed by atoms with Crippen molar-refractivity contribution in [3.05, 3.63) is 64.4 Å². The van der Waals surface area contributed by atoms with Gasteiger partial charge in [-0.1, -0.05) is 11.6 Å². The third-order valence-electron chi connectivity index (χ3n) is 3.00. The van der Waals surface area contributed by atoms with Gasteiger partial charge in [0, 0.05) is 11.3 Å². The lowest BCUT2D eigenvalue weighted by Gasteiger charge is -2.07. The lowest BCUT2D eigenvalue weighted by atomic mass is 10.1. The van der Waals surface area contributed by atoms with E-state index in [4.69, 9.17) is 16.3 Å². The van der Waals surface area contributed by atoms with Crippen LogP contribution in [-0.4, -0.2) is 33.0 Å². The number of hydrogen-bond acceptors (Lipinski definition) is 5. The van der Waals surface area contributed by atoms with Crippen LogP contribution in [0.25, 0.3) is 0 Å². The molecule has 0 radical (unpaired) electrons. The first kappa shape index (κ1) is 18.9. The predicted octanol–water partition coefficient (Wildman–Crippen LogP) is 2.89. The number of carbonyl (C=O) groups excluding carboxylic acids is 2. The van der Waals surface area contributed by atoms with Crippen molar-refractivity contribution in [1.82, 2.24) is 0 Å². The number of rotatable bonds is 6. The highest BCUT2D eigenvalue weighted by Gasteiger charge is 2.15. The van der Waals surface area contributed by atoms with Gasteiger partial charge in [-0.3, -0.25) is 9.52 Å². The minimum atomic E-state index is -3.41. The first-order valence-electron chi connectivity index (χ1n) is 6.89. The maximum absolute atomic E-state index is 12.9. The van der Waals surface area contributed by atoms with E-state index in [1.54, 1.807) is 0 Å². The van der Waals surface area contributed by atoms with Crippen LogP contribution in [-0.2, 0) is 14.8 Å². The summed E-state index contributed by atoms with van der Waals surface area (Å²) in [7, 11) is -3.41. The fourth-order valence-electron chi connectivity index (χ4n) is 1.89. The Morgan fingerprint density at radius 2 is 1.80 bits per heavy atom. The first-order chi connectivity index (χ1) is 11.7. The number of ether oxygens (including phenoxy) is 1. The SMILES string of the molecule is CS(=O)(=O)Nc1ccc(C(=O)COC(=O)c2ccc(F)cc2Cl)cc1. The van der Waals surface area contributed by atoms with E-state index in [9.17, 15) is 22.4 Å². The number of carbonyl (C=O) groups is 2. The van der Waals surface area contributed by atoms with Gasteiger partial charge in [-0.05, 0) is 42.5 Å². The summed E-state index contributed by atoms with van der Waals surface area (Å²) in [5.41, 5.74) is 0.481. The number of hydrogen-bond donors (Lipinski definition) is 1. The summed E-state index contributed by atoms with van der Waals surface area (Å²) in [6.07, 6.45) is 1.01. The number of sulfonamides is 1. The monoisotopic (exact) mass is 385 g/mol. The number of esters is 1. The van der Waals surface area contributed by atoms with Crippen LogP contribution in [0.15, 0.2) is 42.5 Å². The van der Waals surface area contributed by atoms with Gasteiger partial charge in [0.2, 0.25) is 10.0 Å². The highest BCUT2D eigenvalue weighted by molar-refractivity contribution is 7.92. The highest BCUT2D eigenvalue weighted by Crippen LogP contribution is 2.18. The van der Waals surface area contributed by atoms with Gasteiger partial charge in [0.05, 0.1) is 16.8 Å². The predicted molar refractivity (Wildman–Crippen MR) is 90.9 cm³/mol. The number of halogens is 2. The van der Waals surface area contributed by atoms with Crippen molar-refractivity contribution in [2.45, 2.75) is 0 Å². The van der Waals surface area contributed by atoms with E-state index < -0.39 is 34.2 Å². The van der Waals surface area contributed by atoms with Gasteiger partial charge in [0.1, 0.15) is 5.82 Å². The molecule has 0 aliphatic rings. The molecule has 0 bridgehead atoms. The minimum Gasteiger partial charge on any atom is -0.454 e. The van der Waals surface area contributed by atoms with Gasteiger partial charge < -0.3 is 4.74 Å². The molecular weight excluding hydrogens is 373 g/mol. The second-order valence-corrected chi connectivity index (χ2v) is 7.23. The lowest BCUT2D eigenvalue weighted by molar-refractivity contribution is 0.0475. The Morgan fingerprint density at radius 3 is 2.36 bits per heavy atom. The first-order valence-corrected chi connectivity index (χ1v) is 9.16. The molecule has 0 heterocycles.